The third-order valence-electron chi connectivity index (χ3n) is 4.84. The number of anilines is 1. The maximum absolute atomic E-state index is 12.1. The number of ketones is 1. The third-order valence-corrected chi connectivity index (χ3v) is 4.84. The molecule has 3 rings (SSSR count). The molecule has 3 atom stereocenters. The van der Waals surface area contributed by atoms with Crippen LogP contribution in [0.25, 0.3) is 0 Å². The Bertz CT molecular complexity index is 717. The number of nitrogens with one attached hydrogen (secondary N) is 1. The molecule has 0 bridgehead atoms. The van der Waals surface area contributed by atoms with E-state index in [0.29, 0.717) is 6.54 Å². The van der Waals surface area contributed by atoms with Crippen LogP contribution in [0.15, 0.2) is 18.2 Å². The maximum atomic E-state index is 12.1. The highest BCUT2D eigenvalue weighted by atomic mass is 16.6. The zero-order valence-corrected chi connectivity index (χ0v) is 14.3. The van der Waals surface area contributed by atoms with Crippen LogP contribution in [0.3, 0.4) is 0 Å². The molecule has 0 spiro atoms. The Labute approximate surface area is 146 Å². The van der Waals surface area contributed by atoms with Gasteiger partial charge in [-0.2, -0.15) is 0 Å². The summed E-state index contributed by atoms with van der Waals surface area (Å²) in [5, 5.41) is 11.8. The first-order valence-electron chi connectivity index (χ1n) is 8.39. The molecule has 1 aliphatic carbocycles. The molecule has 0 saturated carbocycles. The highest BCUT2D eigenvalue weighted by molar-refractivity contribution is 5.91. The SMILES string of the molecule is CC(=O)NC[C@H]1CN(c2ccc3c(c2)CC(C)C3C(=O)CO)C(=O)O1. The first-order valence-corrected chi connectivity index (χ1v) is 8.39. The minimum Gasteiger partial charge on any atom is -0.442 e. The molecule has 1 heterocycles. The van der Waals surface area contributed by atoms with Crippen molar-refractivity contribution < 1.29 is 24.2 Å². The van der Waals surface area contributed by atoms with Crippen molar-refractivity contribution in [2.45, 2.75) is 32.3 Å². The van der Waals surface area contributed by atoms with Gasteiger partial charge >= 0.3 is 6.09 Å². The van der Waals surface area contributed by atoms with Crippen molar-refractivity contribution in [3.05, 3.63) is 29.3 Å². The molecule has 25 heavy (non-hydrogen) atoms. The van der Waals surface area contributed by atoms with E-state index in [9.17, 15) is 19.5 Å². The number of ether oxygens (including phenoxy) is 1. The van der Waals surface area contributed by atoms with Gasteiger partial charge in [0.05, 0.1) is 13.1 Å². The quantitative estimate of drug-likeness (QED) is 0.829. The molecule has 1 aromatic carbocycles. The van der Waals surface area contributed by atoms with Crippen molar-refractivity contribution in [1.29, 1.82) is 0 Å². The largest absolute Gasteiger partial charge is 0.442 e. The van der Waals surface area contributed by atoms with Gasteiger partial charge in [-0.3, -0.25) is 14.5 Å². The van der Waals surface area contributed by atoms with E-state index < -0.39 is 12.7 Å². The number of amides is 2. The Balaban J connectivity index is 1.77. The fraction of sp³-hybridized carbons (Fsp3) is 0.500. The van der Waals surface area contributed by atoms with Crippen molar-refractivity contribution in [2.24, 2.45) is 5.92 Å². The van der Waals surface area contributed by atoms with Crippen molar-refractivity contribution in [2.75, 3.05) is 24.6 Å². The highest BCUT2D eigenvalue weighted by Crippen LogP contribution is 2.40. The van der Waals surface area contributed by atoms with Gasteiger partial charge in [0.15, 0.2) is 5.78 Å². The lowest BCUT2D eigenvalue weighted by molar-refractivity contribution is -0.124. The molecule has 1 aliphatic heterocycles. The number of hydrogen-bond acceptors (Lipinski definition) is 5. The number of fused-ring (bicyclic) bond motifs is 1. The summed E-state index contributed by atoms with van der Waals surface area (Å²) in [5.41, 5.74) is 2.67. The summed E-state index contributed by atoms with van der Waals surface area (Å²) in [6, 6.07) is 5.58. The molecular weight excluding hydrogens is 324 g/mol. The lowest BCUT2D eigenvalue weighted by atomic mass is 9.90. The van der Waals surface area contributed by atoms with Crippen LogP contribution in [0.2, 0.25) is 0 Å². The first kappa shape index (κ1) is 17.4. The first-order chi connectivity index (χ1) is 11.9. The molecule has 2 amide bonds. The van der Waals surface area contributed by atoms with Crippen molar-refractivity contribution in [3.8, 4) is 0 Å². The molecule has 7 heteroatoms. The second-order valence-corrected chi connectivity index (χ2v) is 6.72. The molecule has 2 unspecified atom stereocenters. The number of hydrogen-bond donors (Lipinski definition) is 2. The standard InChI is InChI=1S/C18H22N2O5/c1-10-5-12-6-13(3-4-15(12)17(10)16(23)9-21)20-8-14(25-18(20)24)7-19-11(2)22/h3-4,6,10,14,17,21H,5,7-9H2,1-2H3,(H,19,22)/t10?,14-,17?/m0/s1. The van der Waals surface area contributed by atoms with E-state index >= 15 is 0 Å². The number of Topliss-reactive ketones (excluding diaryl/α,β-unsaturated/α-hetero) is 1. The normalized spacial score (nSPS) is 24.8. The fourth-order valence-corrected chi connectivity index (χ4v) is 3.70. The van der Waals surface area contributed by atoms with Gasteiger partial charge in [0.25, 0.3) is 0 Å². The average molecular weight is 346 g/mol. The highest BCUT2D eigenvalue weighted by Gasteiger charge is 2.36. The zero-order valence-electron chi connectivity index (χ0n) is 14.3. The number of rotatable bonds is 5. The number of carbonyl (C=O) groups is 3. The molecule has 134 valence electrons. The van der Waals surface area contributed by atoms with Crippen molar-refractivity contribution in [1.82, 2.24) is 5.32 Å². The van der Waals surface area contributed by atoms with Crippen LogP contribution in [0.5, 0.6) is 0 Å². The molecule has 1 fully saturated rings. The average Bonchev–Trinajstić information content (AvgIpc) is 3.10. The summed E-state index contributed by atoms with van der Waals surface area (Å²) in [5.74, 6) is -0.495. The van der Waals surface area contributed by atoms with Crippen LogP contribution < -0.4 is 10.2 Å². The summed E-state index contributed by atoms with van der Waals surface area (Å²) in [7, 11) is 0. The van der Waals surface area contributed by atoms with Gasteiger partial charge in [0.2, 0.25) is 5.91 Å². The number of benzene rings is 1. The van der Waals surface area contributed by atoms with Gasteiger partial charge < -0.3 is 15.2 Å². The summed E-state index contributed by atoms with van der Waals surface area (Å²) in [6.07, 6.45) is -0.0887. The van der Waals surface area contributed by atoms with E-state index in [0.717, 1.165) is 23.2 Å². The van der Waals surface area contributed by atoms with Crippen LogP contribution in [0.1, 0.15) is 30.9 Å². The maximum Gasteiger partial charge on any atom is 0.414 e. The monoisotopic (exact) mass is 346 g/mol. The van der Waals surface area contributed by atoms with Crippen LogP contribution >= 0.6 is 0 Å². The van der Waals surface area contributed by atoms with Gasteiger partial charge in [0.1, 0.15) is 12.7 Å². The van der Waals surface area contributed by atoms with Gasteiger partial charge in [-0.25, -0.2) is 4.79 Å². The predicted octanol–water partition coefficient (Wildman–Crippen LogP) is 0.985. The van der Waals surface area contributed by atoms with Crippen LogP contribution in [0, 0.1) is 5.92 Å². The summed E-state index contributed by atoms with van der Waals surface area (Å²) in [4.78, 5) is 36.6. The number of carbonyl (C=O) groups excluding carboxylic acids is 3. The molecule has 1 aromatic rings. The second-order valence-electron chi connectivity index (χ2n) is 6.72. The molecule has 0 radical (unpaired) electrons. The lowest BCUT2D eigenvalue weighted by Gasteiger charge is -2.16. The van der Waals surface area contributed by atoms with Gasteiger partial charge in [-0.15, -0.1) is 0 Å². The minimum atomic E-state index is -0.459. The Kier molecular flexibility index (Phi) is 4.76. The molecule has 1 saturated heterocycles. The van der Waals surface area contributed by atoms with Gasteiger partial charge in [0, 0.05) is 18.5 Å². The lowest BCUT2D eigenvalue weighted by Crippen LogP contribution is -2.33. The van der Waals surface area contributed by atoms with Crippen LogP contribution in [-0.2, 0) is 20.7 Å². The Morgan fingerprint density at radius 3 is 2.84 bits per heavy atom. The minimum absolute atomic E-state index is 0.128. The smallest absolute Gasteiger partial charge is 0.414 e. The van der Waals surface area contributed by atoms with Crippen LogP contribution in [0.4, 0.5) is 10.5 Å². The van der Waals surface area contributed by atoms with Crippen LogP contribution in [-0.4, -0.2) is 48.7 Å². The Hall–Kier alpha value is -2.41. The van der Waals surface area contributed by atoms with Gasteiger partial charge in [-0.05, 0) is 35.6 Å². The van der Waals surface area contributed by atoms with E-state index in [2.05, 4.69) is 5.32 Å². The predicted molar refractivity (Wildman–Crippen MR) is 90.4 cm³/mol. The van der Waals surface area contributed by atoms with E-state index in [1.54, 1.807) is 11.0 Å². The number of cyclic esters (lactones) is 1. The molecule has 2 N–H and O–H groups in total. The molecular formula is C18H22N2O5. The summed E-state index contributed by atoms with van der Waals surface area (Å²) < 4.78 is 5.28. The van der Waals surface area contributed by atoms with E-state index in [1.165, 1.54) is 6.92 Å². The summed E-state index contributed by atoms with van der Waals surface area (Å²) in [6.45, 7) is 3.60. The second kappa shape index (κ2) is 6.84. The fourth-order valence-electron chi connectivity index (χ4n) is 3.70. The number of aliphatic hydroxyl groups is 1. The zero-order chi connectivity index (χ0) is 18.1. The van der Waals surface area contributed by atoms with Crippen molar-refractivity contribution in [3.63, 3.8) is 0 Å². The summed E-state index contributed by atoms with van der Waals surface area (Å²) >= 11 is 0. The number of nitrogens with zero attached hydrogens (tertiary/aromatic N) is 1. The van der Waals surface area contributed by atoms with E-state index in [-0.39, 0.29) is 36.2 Å². The number of aliphatic hydroxyl groups excluding tert-OH is 1. The van der Waals surface area contributed by atoms with Gasteiger partial charge in [-0.1, -0.05) is 13.0 Å². The van der Waals surface area contributed by atoms with E-state index in [4.69, 9.17) is 4.74 Å². The Morgan fingerprint density at radius 2 is 2.16 bits per heavy atom. The Morgan fingerprint density at radius 1 is 1.40 bits per heavy atom. The van der Waals surface area contributed by atoms with E-state index in [1.807, 2.05) is 19.1 Å². The van der Waals surface area contributed by atoms with Crippen molar-refractivity contribution >= 4 is 23.5 Å². The topological polar surface area (TPSA) is 95.9 Å². The molecule has 2 aliphatic rings. The molecule has 7 nitrogen and oxygen atoms in total. The third kappa shape index (κ3) is 3.37. The molecule has 0 aromatic heterocycles.